The fourth-order valence-corrected chi connectivity index (χ4v) is 8.14. The summed E-state index contributed by atoms with van der Waals surface area (Å²) in [7, 11) is 5.54. The van der Waals surface area contributed by atoms with Gasteiger partial charge in [0.1, 0.15) is 6.61 Å². The van der Waals surface area contributed by atoms with Crippen LogP contribution in [0.3, 0.4) is 0 Å². The molecule has 0 saturated carbocycles. The van der Waals surface area contributed by atoms with Crippen molar-refractivity contribution in [2.75, 3.05) is 41.0 Å². The molecule has 0 aromatic carbocycles. The van der Waals surface area contributed by atoms with Crippen LogP contribution in [0.4, 0.5) is 0 Å². The topological polar surface area (TPSA) is 99.1 Å². The molecule has 0 bridgehead atoms. The number of carboxylic acids is 1. The molecule has 0 fully saturated rings. The third-order valence-electron chi connectivity index (χ3n) is 12.4. The molecular formula is C59H106NO7+. The lowest BCUT2D eigenvalue weighted by atomic mass is 10.1. The fourth-order valence-electron chi connectivity index (χ4n) is 8.14. The Morgan fingerprint density at radius 3 is 1.25 bits per heavy atom. The highest BCUT2D eigenvalue weighted by Gasteiger charge is 2.31. The summed E-state index contributed by atoms with van der Waals surface area (Å²) in [4.78, 5) is 37.3. The summed E-state index contributed by atoms with van der Waals surface area (Å²) in [6.07, 6.45) is 62.8. The summed E-state index contributed by atoms with van der Waals surface area (Å²) in [6.45, 7) is 4.64. The van der Waals surface area contributed by atoms with Crippen LogP contribution in [-0.2, 0) is 28.6 Å². The first-order chi connectivity index (χ1) is 32.6. The van der Waals surface area contributed by atoms with Crippen LogP contribution in [-0.4, -0.2) is 80.6 Å². The van der Waals surface area contributed by atoms with E-state index in [1.807, 2.05) is 21.1 Å². The van der Waals surface area contributed by atoms with E-state index in [9.17, 15) is 19.5 Å². The number of nitrogens with zero attached hydrogens (tertiary/aromatic N) is 1. The van der Waals surface area contributed by atoms with Crippen LogP contribution in [0.15, 0.2) is 60.8 Å². The van der Waals surface area contributed by atoms with Crippen molar-refractivity contribution in [1.29, 1.82) is 0 Å². The molecule has 2 unspecified atom stereocenters. The minimum absolute atomic E-state index is 0.0565. The molecular weight excluding hydrogens is 835 g/mol. The minimum Gasteiger partial charge on any atom is -0.477 e. The number of carboxylic acid groups (broad SMARTS) is 1. The Bertz CT molecular complexity index is 1280. The average molecular weight is 941 g/mol. The van der Waals surface area contributed by atoms with Gasteiger partial charge in [-0.1, -0.05) is 209 Å². The first-order valence-electron chi connectivity index (χ1n) is 27.8. The first kappa shape index (κ1) is 64.0. The molecule has 8 nitrogen and oxygen atoms in total. The zero-order chi connectivity index (χ0) is 49.2. The number of carbonyl (C=O) groups is 3. The largest absolute Gasteiger partial charge is 0.477 e. The Hall–Kier alpha value is -2.97. The van der Waals surface area contributed by atoms with Gasteiger partial charge in [0.05, 0.1) is 34.4 Å². The highest BCUT2D eigenvalue weighted by atomic mass is 16.6. The maximum atomic E-state index is 12.8. The Morgan fingerprint density at radius 1 is 0.463 bits per heavy atom. The first-order valence-corrected chi connectivity index (χ1v) is 27.8. The normalized spacial score (nSPS) is 13.3. The molecule has 1 N–H and O–H groups in total. The second-order valence-corrected chi connectivity index (χ2v) is 19.8. The van der Waals surface area contributed by atoms with Gasteiger partial charge in [0.15, 0.2) is 12.1 Å². The van der Waals surface area contributed by atoms with Crippen LogP contribution in [0.5, 0.6) is 0 Å². The molecule has 67 heavy (non-hydrogen) atoms. The van der Waals surface area contributed by atoms with Gasteiger partial charge in [-0.15, -0.1) is 0 Å². The molecule has 0 aromatic heterocycles. The number of hydrogen-bond acceptors (Lipinski definition) is 6. The van der Waals surface area contributed by atoms with E-state index in [1.165, 1.54) is 141 Å². The molecule has 0 aliphatic carbocycles. The van der Waals surface area contributed by atoms with Gasteiger partial charge >= 0.3 is 17.9 Å². The zero-order valence-corrected chi connectivity index (χ0v) is 44.3. The summed E-state index contributed by atoms with van der Waals surface area (Å²) in [5, 5.41) is 9.67. The predicted octanol–water partition coefficient (Wildman–Crippen LogP) is 16.5. The van der Waals surface area contributed by atoms with Crippen molar-refractivity contribution in [1.82, 2.24) is 0 Å². The summed E-state index contributed by atoms with van der Waals surface area (Å²) in [5.74, 6) is -1.47. The van der Waals surface area contributed by atoms with Crippen molar-refractivity contribution in [3.63, 3.8) is 0 Å². The van der Waals surface area contributed by atoms with E-state index in [4.69, 9.17) is 14.2 Å². The Kier molecular flexibility index (Phi) is 47.3. The van der Waals surface area contributed by atoms with E-state index < -0.39 is 18.1 Å². The molecule has 0 spiro atoms. The third kappa shape index (κ3) is 47.9. The summed E-state index contributed by atoms with van der Waals surface area (Å²) >= 11 is 0. The van der Waals surface area contributed by atoms with E-state index >= 15 is 0 Å². The summed E-state index contributed by atoms with van der Waals surface area (Å²) in [5.41, 5.74) is 0. The van der Waals surface area contributed by atoms with Gasteiger partial charge in [0.2, 0.25) is 0 Å². The van der Waals surface area contributed by atoms with E-state index in [0.717, 1.165) is 70.6 Å². The summed E-state index contributed by atoms with van der Waals surface area (Å²) < 4.78 is 17.4. The van der Waals surface area contributed by atoms with Crippen LogP contribution in [0.1, 0.15) is 245 Å². The molecule has 0 aliphatic rings. The van der Waals surface area contributed by atoms with Crippen molar-refractivity contribution in [2.24, 2.45) is 0 Å². The van der Waals surface area contributed by atoms with E-state index in [0.29, 0.717) is 19.3 Å². The number of esters is 2. The van der Waals surface area contributed by atoms with Crippen molar-refractivity contribution in [2.45, 2.75) is 257 Å². The fraction of sp³-hybridized carbons (Fsp3) is 0.780. The smallest absolute Gasteiger partial charge is 0.362 e. The van der Waals surface area contributed by atoms with Crippen LogP contribution in [0.2, 0.25) is 0 Å². The number of unbranched alkanes of at least 4 members (excludes halogenated alkanes) is 26. The molecule has 0 rings (SSSR count). The van der Waals surface area contributed by atoms with Gasteiger partial charge in [-0.2, -0.15) is 0 Å². The number of quaternary nitrogens is 1. The molecule has 0 saturated heterocycles. The maximum Gasteiger partial charge on any atom is 0.362 e. The van der Waals surface area contributed by atoms with Crippen molar-refractivity contribution in [3.05, 3.63) is 60.8 Å². The number of rotatable bonds is 50. The molecule has 388 valence electrons. The Labute approximate surface area is 413 Å². The van der Waals surface area contributed by atoms with E-state index in [2.05, 4.69) is 74.6 Å². The molecule has 0 radical (unpaired) electrons. The standard InChI is InChI=1S/C59H105NO7/c1-6-8-10-12-14-16-18-20-22-24-26-28-30-31-33-35-37-39-41-43-45-47-49-57(61)66-54-55(53-65-52-51-56(59(63)64)60(3,4)5)67-58(62)50-48-46-44-42-40-38-36-34-32-29-27-25-23-21-19-17-15-13-11-9-7-2/h8,10,14,16,20,22,26,28-29,32,55-56H,6-7,9,11-13,15,17-19,21,23-25,27,30-31,33-54H2,1-5H3/p+1/b10-8+,16-14+,22-20+,28-26+,32-29+. The predicted molar refractivity (Wildman–Crippen MR) is 284 cm³/mol. The van der Waals surface area contributed by atoms with Crippen LogP contribution < -0.4 is 0 Å². The molecule has 0 heterocycles. The molecule has 8 heteroatoms. The Balaban J connectivity index is 4.21. The average Bonchev–Trinajstić information content (AvgIpc) is 3.29. The van der Waals surface area contributed by atoms with Crippen molar-refractivity contribution < 1.29 is 38.2 Å². The second-order valence-electron chi connectivity index (χ2n) is 19.8. The number of likely N-dealkylation sites (N-methyl/N-ethyl adjacent to an activating group) is 1. The van der Waals surface area contributed by atoms with Crippen molar-refractivity contribution >= 4 is 17.9 Å². The number of hydrogen-bond donors (Lipinski definition) is 1. The van der Waals surface area contributed by atoms with Crippen molar-refractivity contribution in [3.8, 4) is 0 Å². The highest BCUT2D eigenvalue weighted by Crippen LogP contribution is 2.16. The SMILES string of the molecule is CC/C=C/C/C=C/C/C=C/C/C=C/CCCCCCCCCCCC(=O)OCC(COCCC(C(=O)O)[N+](C)(C)C)OC(=O)CCCCCCCCC/C=C/CCCCCCCCCCCC. The lowest BCUT2D eigenvalue weighted by Crippen LogP contribution is -2.50. The lowest BCUT2D eigenvalue weighted by molar-refractivity contribution is -0.887. The van der Waals surface area contributed by atoms with E-state index in [1.54, 1.807) is 0 Å². The molecule has 0 amide bonds. The second kappa shape index (κ2) is 49.5. The van der Waals surface area contributed by atoms with E-state index in [-0.39, 0.29) is 36.2 Å². The van der Waals surface area contributed by atoms with Gasteiger partial charge in [-0.25, -0.2) is 4.79 Å². The zero-order valence-electron chi connectivity index (χ0n) is 44.3. The van der Waals surface area contributed by atoms with Gasteiger partial charge in [-0.05, 0) is 77.0 Å². The van der Waals surface area contributed by atoms with Gasteiger partial charge in [0.25, 0.3) is 0 Å². The quantitative estimate of drug-likeness (QED) is 0.0281. The monoisotopic (exact) mass is 941 g/mol. The van der Waals surface area contributed by atoms with Crippen LogP contribution >= 0.6 is 0 Å². The minimum atomic E-state index is -0.876. The molecule has 0 aliphatic heterocycles. The summed E-state index contributed by atoms with van der Waals surface area (Å²) in [6, 6.07) is -0.619. The maximum absolute atomic E-state index is 12.8. The lowest BCUT2D eigenvalue weighted by Gasteiger charge is -2.31. The third-order valence-corrected chi connectivity index (χ3v) is 12.4. The van der Waals surface area contributed by atoms with Gasteiger partial charge in [-0.3, -0.25) is 9.59 Å². The van der Waals surface area contributed by atoms with Crippen LogP contribution in [0.25, 0.3) is 0 Å². The number of allylic oxidation sites excluding steroid dienone is 10. The molecule has 0 aromatic rings. The van der Waals surface area contributed by atoms with Gasteiger partial charge < -0.3 is 23.8 Å². The highest BCUT2D eigenvalue weighted by molar-refractivity contribution is 5.72. The molecule has 2 atom stereocenters. The van der Waals surface area contributed by atoms with Crippen LogP contribution in [0, 0.1) is 0 Å². The number of ether oxygens (including phenoxy) is 3. The number of carbonyl (C=O) groups excluding carboxylic acids is 2. The number of aliphatic carboxylic acids is 1. The van der Waals surface area contributed by atoms with Gasteiger partial charge in [0, 0.05) is 19.3 Å². The Morgan fingerprint density at radius 2 is 0.836 bits per heavy atom.